The van der Waals surface area contributed by atoms with Gasteiger partial charge in [0.25, 0.3) is 0 Å². The monoisotopic (exact) mass is 503 g/mol. The largest absolute Gasteiger partial charge is 0.309 e. The van der Waals surface area contributed by atoms with Crippen molar-refractivity contribution in [1.29, 1.82) is 0 Å². The van der Waals surface area contributed by atoms with E-state index in [1.54, 1.807) is 0 Å². The highest BCUT2D eigenvalue weighted by atomic mass is 32.1. The second-order valence-electron chi connectivity index (χ2n) is 10.3. The van der Waals surface area contributed by atoms with Gasteiger partial charge in [-0.15, -0.1) is 11.3 Å². The zero-order chi connectivity index (χ0) is 25.4. The molecule has 0 saturated heterocycles. The van der Waals surface area contributed by atoms with Gasteiger partial charge in [0, 0.05) is 36.6 Å². The third-order valence-electron chi connectivity index (χ3n) is 8.04. The number of aryl methyl sites for hydroxylation is 2. The number of para-hydroxylation sites is 2. The van der Waals surface area contributed by atoms with E-state index >= 15 is 0 Å². The van der Waals surface area contributed by atoms with Gasteiger partial charge in [-0.1, -0.05) is 78.9 Å². The SMILES string of the molecule is Cc1cc2c(cc1-c1c(C)ccc3c1c1ccccc1n3-c1ccccc1)sc1c3ccccc3ccc21. The number of rotatable bonds is 2. The number of thiophene rings is 1. The van der Waals surface area contributed by atoms with E-state index in [2.05, 4.69) is 134 Å². The van der Waals surface area contributed by atoms with Crippen LogP contribution in [0.1, 0.15) is 11.1 Å². The third kappa shape index (κ3) is 2.98. The number of hydrogen-bond acceptors (Lipinski definition) is 1. The normalized spacial score (nSPS) is 11.9. The maximum Gasteiger partial charge on any atom is 0.0547 e. The summed E-state index contributed by atoms with van der Waals surface area (Å²) in [7, 11) is 0. The molecular weight excluding hydrogens is 478 g/mol. The Kier molecular flexibility index (Phi) is 4.59. The van der Waals surface area contributed by atoms with Crippen molar-refractivity contribution in [2.45, 2.75) is 13.8 Å². The van der Waals surface area contributed by atoms with Gasteiger partial charge in [0.2, 0.25) is 0 Å². The van der Waals surface area contributed by atoms with Crippen molar-refractivity contribution in [2.75, 3.05) is 0 Å². The molecule has 0 spiro atoms. The first-order valence-electron chi connectivity index (χ1n) is 13.1. The van der Waals surface area contributed by atoms with Gasteiger partial charge in [0.1, 0.15) is 0 Å². The van der Waals surface area contributed by atoms with Crippen LogP contribution in [0, 0.1) is 13.8 Å². The molecule has 0 unspecified atom stereocenters. The van der Waals surface area contributed by atoms with Gasteiger partial charge in [0.05, 0.1) is 11.0 Å². The average Bonchev–Trinajstić information content (AvgIpc) is 3.49. The van der Waals surface area contributed by atoms with Crippen LogP contribution >= 0.6 is 11.3 Å². The molecule has 0 amide bonds. The van der Waals surface area contributed by atoms with Crippen LogP contribution in [0.15, 0.2) is 115 Å². The molecule has 0 atom stereocenters. The van der Waals surface area contributed by atoms with Gasteiger partial charge in [-0.05, 0) is 83.3 Å². The first-order valence-corrected chi connectivity index (χ1v) is 13.9. The Labute approximate surface area is 225 Å². The van der Waals surface area contributed by atoms with Crippen LogP contribution in [0.3, 0.4) is 0 Å². The highest BCUT2D eigenvalue weighted by Crippen LogP contribution is 2.45. The van der Waals surface area contributed by atoms with E-state index in [1.165, 1.54) is 80.7 Å². The van der Waals surface area contributed by atoms with E-state index in [9.17, 15) is 0 Å². The summed E-state index contributed by atoms with van der Waals surface area (Å²) < 4.78 is 5.14. The maximum absolute atomic E-state index is 2.44. The van der Waals surface area contributed by atoms with Crippen LogP contribution in [0.4, 0.5) is 0 Å². The number of aromatic nitrogens is 1. The molecule has 0 saturated carbocycles. The van der Waals surface area contributed by atoms with Crippen LogP contribution in [-0.2, 0) is 0 Å². The summed E-state index contributed by atoms with van der Waals surface area (Å²) in [5.41, 5.74) is 8.98. The van der Waals surface area contributed by atoms with Crippen molar-refractivity contribution >= 4 is 64.1 Å². The van der Waals surface area contributed by atoms with Crippen molar-refractivity contribution in [3.8, 4) is 16.8 Å². The summed E-state index contributed by atoms with van der Waals surface area (Å²) in [5, 5.41) is 7.99. The molecule has 1 nitrogen and oxygen atoms in total. The van der Waals surface area contributed by atoms with Crippen molar-refractivity contribution in [1.82, 2.24) is 4.57 Å². The summed E-state index contributed by atoms with van der Waals surface area (Å²) in [6.07, 6.45) is 0. The molecule has 0 N–H and O–H groups in total. The Morgan fingerprint density at radius 1 is 0.553 bits per heavy atom. The van der Waals surface area contributed by atoms with Crippen LogP contribution in [0.25, 0.3) is 69.6 Å². The van der Waals surface area contributed by atoms with E-state index in [4.69, 9.17) is 0 Å². The molecule has 6 aromatic carbocycles. The minimum Gasteiger partial charge on any atom is -0.309 e. The predicted octanol–water partition coefficient (Wildman–Crippen LogP) is 10.6. The molecule has 0 fully saturated rings. The van der Waals surface area contributed by atoms with Gasteiger partial charge >= 0.3 is 0 Å². The Morgan fingerprint density at radius 2 is 1.32 bits per heavy atom. The highest BCUT2D eigenvalue weighted by molar-refractivity contribution is 7.26. The fraction of sp³-hybridized carbons (Fsp3) is 0.0556. The van der Waals surface area contributed by atoms with E-state index in [0.717, 1.165) is 0 Å². The number of hydrogen-bond donors (Lipinski definition) is 0. The molecule has 180 valence electrons. The molecule has 2 heteroatoms. The van der Waals surface area contributed by atoms with Crippen LogP contribution in [0.2, 0.25) is 0 Å². The fourth-order valence-electron chi connectivity index (χ4n) is 6.29. The van der Waals surface area contributed by atoms with Crippen LogP contribution in [-0.4, -0.2) is 4.57 Å². The topological polar surface area (TPSA) is 4.93 Å². The molecule has 8 rings (SSSR count). The molecule has 0 aliphatic carbocycles. The highest BCUT2D eigenvalue weighted by Gasteiger charge is 2.20. The lowest BCUT2D eigenvalue weighted by Crippen LogP contribution is -1.94. The number of fused-ring (bicyclic) bond motifs is 8. The number of nitrogens with zero attached hydrogens (tertiary/aromatic N) is 1. The predicted molar refractivity (Wildman–Crippen MR) is 166 cm³/mol. The maximum atomic E-state index is 2.44. The summed E-state index contributed by atoms with van der Waals surface area (Å²) in [4.78, 5) is 0. The molecular formula is C36H25NS. The third-order valence-corrected chi connectivity index (χ3v) is 9.24. The lowest BCUT2D eigenvalue weighted by molar-refractivity contribution is 1.18. The summed E-state index contributed by atoms with van der Waals surface area (Å²) in [5.74, 6) is 0. The Balaban J connectivity index is 1.48. The minimum atomic E-state index is 1.19. The van der Waals surface area contributed by atoms with Crippen molar-refractivity contribution < 1.29 is 0 Å². The van der Waals surface area contributed by atoms with Gasteiger partial charge in [-0.25, -0.2) is 0 Å². The first-order chi connectivity index (χ1) is 18.7. The molecule has 0 aliphatic rings. The number of benzene rings is 6. The Morgan fingerprint density at radius 3 is 2.18 bits per heavy atom. The molecule has 38 heavy (non-hydrogen) atoms. The smallest absolute Gasteiger partial charge is 0.0547 e. The summed E-state index contributed by atoms with van der Waals surface area (Å²) >= 11 is 1.92. The van der Waals surface area contributed by atoms with Crippen molar-refractivity contribution in [3.05, 3.63) is 126 Å². The van der Waals surface area contributed by atoms with E-state index in [0.29, 0.717) is 0 Å². The minimum absolute atomic E-state index is 1.19. The molecule has 2 heterocycles. The molecule has 0 bridgehead atoms. The zero-order valence-electron chi connectivity index (χ0n) is 21.3. The lowest BCUT2D eigenvalue weighted by Gasteiger charge is -2.13. The lowest BCUT2D eigenvalue weighted by atomic mass is 9.91. The average molecular weight is 504 g/mol. The Bertz CT molecular complexity index is 2190. The van der Waals surface area contributed by atoms with Gasteiger partial charge in [0.15, 0.2) is 0 Å². The summed E-state index contributed by atoms with van der Waals surface area (Å²) in [6, 6.07) is 42.3. The van der Waals surface area contributed by atoms with Gasteiger partial charge < -0.3 is 4.57 Å². The van der Waals surface area contributed by atoms with Gasteiger partial charge in [-0.3, -0.25) is 0 Å². The summed E-state index contributed by atoms with van der Waals surface area (Å²) in [6.45, 7) is 4.53. The van der Waals surface area contributed by atoms with E-state index in [-0.39, 0.29) is 0 Å². The fourth-order valence-corrected chi connectivity index (χ4v) is 7.55. The van der Waals surface area contributed by atoms with Crippen molar-refractivity contribution in [3.63, 3.8) is 0 Å². The second kappa shape index (κ2) is 8.05. The molecule has 2 aromatic heterocycles. The second-order valence-corrected chi connectivity index (χ2v) is 11.3. The first kappa shape index (κ1) is 21.7. The van der Waals surface area contributed by atoms with Gasteiger partial charge in [-0.2, -0.15) is 0 Å². The molecule has 8 aromatic rings. The van der Waals surface area contributed by atoms with E-state index < -0.39 is 0 Å². The molecule has 0 radical (unpaired) electrons. The zero-order valence-corrected chi connectivity index (χ0v) is 22.1. The van der Waals surface area contributed by atoms with Crippen LogP contribution in [0.5, 0.6) is 0 Å². The van der Waals surface area contributed by atoms with E-state index in [1.807, 2.05) is 11.3 Å². The van der Waals surface area contributed by atoms with Crippen molar-refractivity contribution in [2.24, 2.45) is 0 Å². The Hall–Kier alpha value is -4.40. The molecule has 0 aliphatic heterocycles. The quantitative estimate of drug-likeness (QED) is 0.221. The van der Waals surface area contributed by atoms with Crippen LogP contribution < -0.4 is 0 Å². The standard InChI is InChI=1S/C36H25NS/c1-22-16-19-32-35(28-14-8-9-15-31(28)37(32)25-11-4-3-5-12-25)34(22)29-21-33-30(20-23(29)2)27-18-17-24-10-6-7-13-26(24)36(27)38-33/h3-21H,1-2H3.